The summed E-state index contributed by atoms with van der Waals surface area (Å²) in [5.41, 5.74) is 0.459. The molecule has 1 aromatic carbocycles. The number of rotatable bonds is 7. The lowest BCUT2D eigenvalue weighted by molar-refractivity contribution is -0.147. The summed E-state index contributed by atoms with van der Waals surface area (Å²) in [4.78, 5) is 22.9. The molecule has 21 heavy (non-hydrogen) atoms. The number of halogens is 1. The maximum absolute atomic E-state index is 13.4. The van der Waals surface area contributed by atoms with Crippen LogP contribution in [0.15, 0.2) is 18.2 Å². The number of amides is 1. The van der Waals surface area contributed by atoms with Gasteiger partial charge in [-0.25, -0.2) is 4.39 Å². The van der Waals surface area contributed by atoms with Crippen molar-refractivity contribution < 1.29 is 23.5 Å². The predicted molar refractivity (Wildman–Crippen MR) is 75.5 cm³/mol. The first-order chi connectivity index (χ1) is 9.92. The largest absolute Gasteiger partial charge is 0.494 e. The molecule has 0 atom stereocenters. The van der Waals surface area contributed by atoms with Crippen LogP contribution in [0.1, 0.15) is 19.4 Å². The molecule has 5 nitrogen and oxygen atoms in total. The molecular weight excluding hydrogens is 277 g/mol. The van der Waals surface area contributed by atoms with Crippen LogP contribution in [0.2, 0.25) is 0 Å². The fourth-order valence-electron chi connectivity index (χ4n) is 1.55. The maximum Gasteiger partial charge on any atom is 0.310 e. The average molecular weight is 297 g/mol. The lowest BCUT2D eigenvalue weighted by Crippen LogP contribution is -2.31. The Morgan fingerprint density at radius 3 is 2.62 bits per heavy atom. The van der Waals surface area contributed by atoms with Gasteiger partial charge >= 0.3 is 5.97 Å². The van der Waals surface area contributed by atoms with Crippen LogP contribution in [-0.2, 0) is 20.7 Å². The van der Waals surface area contributed by atoms with E-state index in [1.807, 2.05) is 13.8 Å². The molecule has 0 unspecified atom stereocenters. The second kappa shape index (κ2) is 8.24. The topological polar surface area (TPSA) is 64.6 Å². The molecule has 1 rings (SSSR count). The van der Waals surface area contributed by atoms with Crippen LogP contribution in [-0.4, -0.2) is 32.1 Å². The molecule has 0 saturated carbocycles. The molecule has 0 saturated heterocycles. The Kier molecular flexibility index (Phi) is 6.65. The number of hydrogen-bond acceptors (Lipinski definition) is 4. The Labute approximate surface area is 123 Å². The summed E-state index contributed by atoms with van der Waals surface area (Å²) < 4.78 is 23.1. The van der Waals surface area contributed by atoms with Gasteiger partial charge in [0.25, 0.3) is 5.91 Å². The first kappa shape index (κ1) is 16.9. The van der Waals surface area contributed by atoms with E-state index in [9.17, 15) is 14.0 Å². The Hall–Kier alpha value is -2.11. The van der Waals surface area contributed by atoms with E-state index < -0.39 is 11.8 Å². The van der Waals surface area contributed by atoms with Crippen molar-refractivity contribution in [3.8, 4) is 5.75 Å². The second-order valence-electron chi connectivity index (χ2n) is 5.00. The van der Waals surface area contributed by atoms with Crippen molar-refractivity contribution in [2.24, 2.45) is 5.92 Å². The Balaban J connectivity index is 2.40. The molecule has 0 aliphatic rings. The van der Waals surface area contributed by atoms with Gasteiger partial charge in [0.1, 0.15) is 0 Å². The summed E-state index contributed by atoms with van der Waals surface area (Å²) in [7, 11) is 1.36. The molecule has 0 bridgehead atoms. The van der Waals surface area contributed by atoms with E-state index in [4.69, 9.17) is 9.47 Å². The van der Waals surface area contributed by atoms with E-state index in [-0.39, 0.29) is 24.7 Å². The summed E-state index contributed by atoms with van der Waals surface area (Å²) in [6.45, 7) is 4.12. The molecule has 116 valence electrons. The smallest absolute Gasteiger partial charge is 0.310 e. The molecule has 1 N–H and O–H groups in total. The average Bonchev–Trinajstić information content (AvgIpc) is 2.43. The number of carbonyl (C=O) groups excluding carboxylic acids is 2. The summed E-state index contributed by atoms with van der Waals surface area (Å²) in [6, 6.07) is 4.22. The molecule has 0 fully saturated rings. The molecule has 1 amide bonds. The number of benzene rings is 1. The zero-order chi connectivity index (χ0) is 15.8. The standard InChI is InChI=1S/C15H20FNO4/c1-10(2)8-17-14(18)9-21-15(19)7-11-4-5-13(20-3)12(16)6-11/h4-6,10H,7-9H2,1-3H3,(H,17,18). The van der Waals surface area contributed by atoms with Gasteiger partial charge in [0.05, 0.1) is 13.5 Å². The molecule has 1 aromatic rings. The van der Waals surface area contributed by atoms with Gasteiger partial charge in [-0.05, 0) is 23.6 Å². The van der Waals surface area contributed by atoms with Gasteiger partial charge in [-0.2, -0.15) is 0 Å². The highest BCUT2D eigenvalue weighted by Crippen LogP contribution is 2.18. The van der Waals surface area contributed by atoms with Gasteiger partial charge in [0.2, 0.25) is 0 Å². The van der Waals surface area contributed by atoms with Crippen molar-refractivity contribution in [2.45, 2.75) is 20.3 Å². The SMILES string of the molecule is COc1ccc(CC(=O)OCC(=O)NCC(C)C)cc1F. The monoisotopic (exact) mass is 297 g/mol. The maximum atomic E-state index is 13.4. The molecule has 0 spiro atoms. The van der Waals surface area contributed by atoms with E-state index in [1.54, 1.807) is 6.07 Å². The molecule has 0 aliphatic carbocycles. The van der Waals surface area contributed by atoms with Crippen molar-refractivity contribution in [3.05, 3.63) is 29.6 Å². The fourth-order valence-corrected chi connectivity index (χ4v) is 1.55. The number of hydrogen-bond donors (Lipinski definition) is 1. The number of esters is 1. The zero-order valence-electron chi connectivity index (χ0n) is 12.4. The summed E-state index contributed by atoms with van der Waals surface area (Å²) >= 11 is 0. The van der Waals surface area contributed by atoms with Crippen molar-refractivity contribution in [1.82, 2.24) is 5.32 Å². The number of methoxy groups -OCH3 is 1. The lowest BCUT2D eigenvalue weighted by Gasteiger charge is -2.08. The van der Waals surface area contributed by atoms with Crippen LogP contribution in [0.3, 0.4) is 0 Å². The second-order valence-corrected chi connectivity index (χ2v) is 5.00. The summed E-state index contributed by atoms with van der Waals surface area (Å²) in [5, 5.41) is 2.63. The molecule has 0 radical (unpaired) electrons. The minimum Gasteiger partial charge on any atom is -0.494 e. The number of carbonyl (C=O) groups is 2. The van der Waals surface area contributed by atoms with Crippen LogP contribution < -0.4 is 10.1 Å². The lowest BCUT2D eigenvalue weighted by atomic mass is 10.1. The van der Waals surface area contributed by atoms with E-state index in [0.29, 0.717) is 18.0 Å². The molecular formula is C15H20FNO4. The van der Waals surface area contributed by atoms with Crippen LogP contribution in [0.25, 0.3) is 0 Å². The molecule has 0 heterocycles. The minimum absolute atomic E-state index is 0.0988. The first-order valence-corrected chi connectivity index (χ1v) is 6.67. The highest BCUT2D eigenvalue weighted by atomic mass is 19.1. The van der Waals surface area contributed by atoms with Crippen molar-refractivity contribution >= 4 is 11.9 Å². The Morgan fingerprint density at radius 2 is 2.05 bits per heavy atom. The van der Waals surface area contributed by atoms with Gasteiger partial charge in [-0.15, -0.1) is 0 Å². The molecule has 0 aliphatic heterocycles. The van der Waals surface area contributed by atoms with Gasteiger partial charge in [-0.3, -0.25) is 9.59 Å². The predicted octanol–water partition coefficient (Wildman–Crippen LogP) is 1.69. The van der Waals surface area contributed by atoms with E-state index in [2.05, 4.69) is 5.32 Å². The highest BCUT2D eigenvalue weighted by molar-refractivity contribution is 5.81. The van der Waals surface area contributed by atoms with E-state index in [1.165, 1.54) is 19.2 Å². The number of nitrogens with one attached hydrogen (secondary N) is 1. The van der Waals surface area contributed by atoms with Gasteiger partial charge < -0.3 is 14.8 Å². The summed E-state index contributed by atoms with van der Waals surface area (Å²) in [6.07, 6.45) is -0.0988. The normalized spacial score (nSPS) is 10.3. The Bertz CT molecular complexity index is 502. The highest BCUT2D eigenvalue weighted by Gasteiger charge is 2.11. The minimum atomic E-state index is -0.584. The third kappa shape index (κ3) is 6.25. The molecule has 0 aromatic heterocycles. The van der Waals surface area contributed by atoms with Crippen LogP contribution in [0.5, 0.6) is 5.75 Å². The third-order valence-corrected chi connectivity index (χ3v) is 2.64. The van der Waals surface area contributed by atoms with Crippen molar-refractivity contribution in [1.29, 1.82) is 0 Å². The van der Waals surface area contributed by atoms with Crippen LogP contribution >= 0.6 is 0 Å². The third-order valence-electron chi connectivity index (χ3n) is 2.64. The van der Waals surface area contributed by atoms with Crippen LogP contribution in [0, 0.1) is 11.7 Å². The van der Waals surface area contributed by atoms with Gasteiger partial charge in [-0.1, -0.05) is 19.9 Å². The molecule has 6 heteroatoms. The zero-order valence-corrected chi connectivity index (χ0v) is 12.4. The van der Waals surface area contributed by atoms with Crippen LogP contribution in [0.4, 0.5) is 4.39 Å². The summed E-state index contributed by atoms with van der Waals surface area (Å²) in [5.74, 6) is -1.04. The first-order valence-electron chi connectivity index (χ1n) is 6.67. The van der Waals surface area contributed by atoms with E-state index >= 15 is 0 Å². The van der Waals surface area contributed by atoms with E-state index in [0.717, 1.165) is 0 Å². The van der Waals surface area contributed by atoms with Gasteiger partial charge in [0, 0.05) is 6.54 Å². The van der Waals surface area contributed by atoms with Gasteiger partial charge in [0.15, 0.2) is 18.2 Å². The fraction of sp³-hybridized carbons (Fsp3) is 0.467. The van der Waals surface area contributed by atoms with Crippen molar-refractivity contribution in [2.75, 3.05) is 20.3 Å². The van der Waals surface area contributed by atoms with Crippen molar-refractivity contribution in [3.63, 3.8) is 0 Å². The Morgan fingerprint density at radius 1 is 1.33 bits per heavy atom. The number of ether oxygens (including phenoxy) is 2. The quantitative estimate of drug-likeness (QED) is 0.778.